The number of aliphatic hydroxyl groups is 1. The molecule has 0 aliphatic carbocycles. The Hall–Kier alpha value is -1.37. The van der Waals surface area contributed by atoms with Crippen LogP contribution in [-0.4, -0.2) is 32.4 Å². The summed E-state index contributed by atoms with van der Waals surface area (Å²) < 4.78 is 7.50. The van der Waals surface area contributed by atoms with Gasteiger partial charge in [-0.2, -0.15) is 0 Å². The maximum absolute atomic E-state index is 9.08. The summed E-state index contributed by atoms with van der Waals surface area (Å²) in [5, 5.41) is 9.41. The number of aromatic nitrogens is 3. The van der Waals surface area contributed by atoms with Crippen LogP contribution >= 0.6 is 11.6 Å². The number of hydrogen-bond donors (Lipinski definition) is 2. The van der Waals surface area contributed by atoms with Gasteiger partial charge in [0.15, 0.2) is 5.65 Å². The van der Waals surface area contributed by atoms with Gasteiger partial charge in [0, 0.05) is 6.07 Å². The number of nitrogen functional groups attached to an aromatic ring is 1. The summed E-state index contributed by atoms with van der Waals surface area (Å²) >= 11 is 5.90. The van der Waals surface area contributed by atoms with Crippen LogP contribution in [0.4, 0.5) is 5.69 Å². The van der Waals surface area contributed by atoms with Gasteiger partial charge in [0.1, 0.15) is 16.9 Å². The molecule has 0 aromatic carbocycles. The molecule has 1 saturated heterocycles. The number of nitrogens with zero attached hydrogens (tertiary/aromatic N) is 3. The Bertz CT molecular complexity index is 586. The smallest absolute Gasteiger partial charge is 0.165 e. The molecular weight excluding hydrogens is 256 g/mol. The van der Waals surface area contributed by atoms with Crippen molar-refractivity contribution in [2.75, 3.05) is 12.3 Å². The second kappa shape index (κ2) is 4.38. The quantitative estimate of drug-likeness (QED) is 0.803. The van der Waals surface area contributed by atoms with Gasteiger partial charge < -0.3 is 15.6 Å². The summed E-state index contributed by atoms with van der Waals surface area (Å²) in [6.45, 7) is 0.0272. The highest BCUT2D eigenvalue weighted by Gasteiger charge is 2.27. The maximum atomic E-state index is 9.08. The van der Waals surface area contributed by atoms with Gasteiger partial charge in [-0.05, 0) is 12.8 Å². The molecule has 2 atom stereocenters. The molecule has 3 N–H and O–H groups in total. The molecule has 0 unspecified atom stereocenters. The SMILES string of the molecule is Nc1cc(Cl)nc2c1ncn2[C@H]1CC[C@@H](CO)O1. The van der Waals surface area contributed by atoms with E-state index in [0.717, 1.165) is 12.8 Å². The van der Waals surface area contributed by atoms with Gasteiger partial charge in [-0.15, -0.1) is 0 Å². The molecule has 2 aromatic rings. The monoisotopic (exact) mass is 268 g/mol. The first-order valence-corrected chi connectivity index (χ1v) is 6.11. The Balaban J connectivity index is 2.03. The zero-order valence-corrected chi connectivity index (χ0v) is 10.3. The molecule has 7 heteroatoms. The summed E-state index contributed by atoms with van der Waals surface area (Å²) in [6.07, 6.45) is 2.98. The second-order valence-electron chi connectivity index (χ2n) is 4.33. The first-order valence-electron chi connectivity index (χ1n) is 5.74. The topological polar surface area (TPSA) is 86.2 Å². The van der Waals surface area contributed by atoms with Crippen molar-refractivity contribution >= 4 is 28.5 Å². The summed E-state index contributed by atoms with van der Waals surface area (Å²) in [5.41, 5.74) is 7.58. The minimum Gasteiger partial charge on any atom is -0.397 e. The largest absolute Gasteiger partial charge is 0.397 e. The van der Waals surface area contributed by atoms with E-state index in [4.69, 9.17) is 27.2 Å². The molecule has 1 aliphatic heterocycles. The normalized spacial score (nSPS) is 23.9. The van der Waals surface area contributed by atoms with Crippen molar-refractivity contribution in [2.45, 2.75) is 25.2 Å². The zero-order valence-electron chi connectivity index (χ0n) is 9.58. The van der Waals surface area contributed by atoms with E-state index in [9.17, 15) is 0 Å². The van der Waals surface area contributed by atoms with Crippen LogP contribution in [0.15, 0.2) is 12.4 Å². The Morgan fingerprint density at radius 3 is 3.11 bits per heavy atom. The number of imidazole rings is 1. The number of nitrogens with two attached hydrogens (primary N) is 1. The predicted molar refractivity (Wildman–Crippen MR) is 67.2 cm³/mol. The molecule has 6 nitrogen and oxygen atoms in total. The Kier molecular flexibility index (Phi) is 2.85. The van der Waals surface area contributed by atoms with E-state index in [1.165, 1.54) is 0 Å². The van der Waals surface area contributed by atoms with E-state index < -0.39 is 0 Å². The molecule has 18 heavy (non-hydrogen) atoms. The number of fused-ring (bicyclic) bond motifs is 1. The molecule has 1 fully saturated rings. The van der Waals surface area contributed by atoms with E-state index >= 15 is 0 Å². The molecule has 0 radical (unpaired) electrons. The van der Waals surface area contributed by atoms with Crippen molar-refractivity contribution in [3.05, 3.63) is 17.5 Å². The van der Waals surface area contributed by atoms with Gasteiger partial charge in [0.05, 0.1) is 24.7 Å². The van der Waals surface area contributed by atoms with Crippen molar-refractivity contribution in [3.63, 3.8) is 0 Å². The highest BCUT2D eigenvalue weighted by molar-refractivity contribution is 6.30. The summed E-state index contributed by atoms with van der Waals surface area (Å²) in [4.78, 5) is 8.46. The minimum atomic E-state index is -0.169. The number of anilines is 1. The van der Waals surface area contributed by atoms with Crippen molar-refractivity contribution in [1.82, 2.24) is 14.5 Å². The fourth-order valence-corrected chi connectivity index (χ4v) is 2.43. The van der Waals surface area contributed by atoms with Crippen LogP contribution < -0.4 is 5.73 Å². The van der Waals surface area contributed by atoms with Gasteiger partial charge in [-0.25, -0.2) is 9.97 Å². The standard InChI is InChI=1S/C11H13ClN4O2/c12-8-3-7(13)10-11(15-8)16(5-14-10)9-2-1-6(4-17)18-9/h3,5-6,9,17H,1-2,4H2,(H2,13,15)/t6-,9+/m0/s1. The third-order valence-corrected chi connectivity index (χ3v) is 3.32. The lowest BCUT2D eigenvalue weighted by Gasteiger charge is -2.13. The van der Waals surface area contributed by atoms with E-state index in [1.54, 1.807) is 12.4 Å². The minimum absolute atomic E-state index is 0.0272. The maximum Gasteiger partial charge on any atom is 0.165 e. The number of ether oxygens (including phenoxy) is 1. The lowest BCUT2D eigenvalue weighted by atomic mass is 10.2. The molecular formula is C11H13ClN4O2. The van der Waals surface area contributed by atoms with Crippen LogP contribution in [-0.2, 0) is 4.74 Å². The highest BCUT2D eigenvalue weighted by Crippen LogP contribution is 2.31. The molecule has 0 amide bonds. The lowest BCUT2D eigenvalue weighted by molar-refractivity contribution is -0.0207. The molecule has 3 heterocycles. The zero-order chi connectivity index (χ0) is 12.7. The Morgan fingerprint density at radius 1 is 1.56 bits per heavy atom. The predicted octanol–water partition coefficient (Wildman–Crippen LogP) is 1.34. The number of pyridine rings is 1. The Morgan fingerprint density at radius 2 is 2.39 bits per heavy atom. The van der Waals surface area contributed by atoms with Gasteiger partial charge >= 0.3 is 0 Å². The first-order chi connectivity index (χ1) is 8.69. The lowest BCUT2D eigenvalue weighted by Crippen LogP contribution is -2.14. The number of aliphatic hydroxyl groups excluding tert-OH is 1. The molecule has 0 spiro atoms. The third-order valence-electron chi connectivity index (χ3n) is 3.13. The second-order valence-corrected chi connectivity index (χ2v) is 4.72. The van der Waals surface area contributed by atoms with Crippen molar-refractivity contribution in [1.29, 1.82) is 0 Å². The van der Waals surface area contributed by atoms with E-state index in [0.29, 0.717) is 22.0 Å². The van der Waals surface area contributed by atoms with Crippen LogP contribution in [0.25, 0.3) is 11.2 Å². The van der Waals surface area contributed by atoms with E-state index in [1.807, 2.05) is 4.57 Å². The van der Waals surface area contributed by atoms with Crippen LogP contribution in [0.5, 0.6) is 0 Å². The fourth-order valence-electron chi connectivity index (χ4n) is 2.24. The van der Waals surface area contributed by atoms with Gasteiger partial charge in [-0.1, -0.05) is 11.6 Å². The van der Waals surface area contributed by atoms with Crippen molar-refractivity contribution < 1.29 is 9.84 Å². The average Bonchev–Trinajstić information content (AvgIpc) is 2.93. The van der Waals surface area contributed by atoms with Gasteiger partial charge in [-0.3, -0.25) is 4.57 Å². The first kappa shape index (κ1) is 11.7. The van der Waals surface area contributed by atoms with Crippen LogP contribution in [0, 0.1) is 0 Å². The van der Waals surface area contributed by atoms with E-state index in [-0.39, 0.29) is 18.9 Å². The number of rotatable bonds is 2. The molecule has 3 rings (SSSR count). The summed E-state index contributed by atoms with van der Waals surface area (Å²) in [6, 6.07) is 1.58. The molecule has 96 valence electrons. The van der Waals surface area contributed by atoms with Crippen molar-refractivity contribution in [2.24, 2.45) is 0 Å². The summed E-state index contributed by atoms with van der Waals surface area (Å²) in [7, 11) is 0. The molecule has 2 aromatic heterocycles. The number of hydrogen-bond acceptors (Lipinski definition) is 5. The van der Waals surface area contributed by atoms with Crippen LogP contribution in [0.2, 0.25) is 5.15 Å². The summed E-state index contributed by atoms with van der Waals surface area (Å²) in [5.74, 6) is 0. The fraction of sp³-hybridized carbons (Fsp3) is 0.455. The molecule has 0 bridgehead atoms. The molecule has 1 aliphatic rings. The van der Waals surface area contributed by atoms with Crippen LogP contribution in [0.3, 0.4) is 0 Å². The van der Waals surface area contributed by atoms with E-state index in [2.05, 4.69) is 9.97 Å². The third kappa shape index (κ3) is 1.82. The number of halogens is 1. The van der Waals surface area contributed by atoms with Gasteiger partial charge in [0.25, 0.3) is 0 Å². The Labute approximate surface area is 108 Å². The van der Waals surface area contributed by atoms with Crippen LogP contribution in [0.1, 0.15) is 19.1 Å². The van der Waals surface area contributed by atoms with Crippen molar-refractivity contribution in [3.8, 4) is 0 Å². The average molecular weight is 269 g/mol. The highest BCUT2D eigenvalue weighted by atomic mass is 35.5. The van der Waals surface area contributed by atoms with Gasteiger partial charge in [0.2, 0.25) is 0 Å². The molecule has 0 saturated carbocycles.